The van der Waals surface area contributed by atoms with Crippen LogP contribution in [0.3, 0.4) is 0 Å². The first-order valence-electron chi connectivity index (χ1n) is 7.25. The first-order valence-corrected chi connectivity index (χ1v) is 7.25. The van der Waals surface area contributed by atoms with Crippen LogP contribution in [0.15, 0.2) is 0 Å². The van der Waals surface area contributed by atoms with Crippen molar-refractivity contribution >= 4 is 11.8 Å². The van der Waals surface area contributed by atoms with Crippen molar-refractivity contribution < 1.29 is 50.3 Å². The van der Waals surface area contributed by atoms with Crippen molar-refractivity contribution in [2.75, 3.05) is 6.61 Å². The van der Waals surface area contributed by atoms with Crippen molar-refractivity contribution in [2.45, 2.75) is 79.2 Å². The predicted octanol–water partition coefficient (Wildman–Crippen LogP) is 2.44. The van der Waals surface area contributed by atoms with Crippen LogP contribution in [0, 0.1) is 0 Å². The largest absolute Gasteiger partial charge is 0.405 e. The summed E-state index contributed by atoms with van der Waals surface area (Å²) in [5, 5.41) is 0. The van der Waals surface area contributed by atoms with Gasteiger partial charge < -0.3 is 18.9 Å². The van der Waals surface area contributed by atoms with Crippen LogP contribution in [0.5, 0.6) is 0 Å². The van der Waals surface area contributed by atoms with E-state index in [0.717, 1.165) is 0 Å². The minimum atomic E-state index is -1.64. The van der Waals surface area contributed by atoms with Crippen molar-refractivity contribution in [3.05, 3.63) is 0 Å². The molecular weight excluding hydrogens is 324 g/mol. The second-order valence-electron chi connectivity index (χ2n) is 5.73. The maximum absolute atomic E-state index is 11.8. The number of rotatable bonds is 10. The molecular formula is C15H28O6Ti. The van der Waals surface area contributed by atoms with E-state index in [4.69, 9.17) is 18.9 Å². The summed E-state index contributed by atoms with van der Waals surface area (Å²) in [5.74, 6) is -2.62. The molecule has 0 N–H and O–H groups in total. The Morgan fingerprint density at radius 2 is 1.36 bits per heavy atom. The van der Waals surface area contributed by atoms with Gasteiger partial charge in [0.15, 0.2) is 0 Å². The molecule has 0 aliphatic rings. The number of carbonyl (C=O) groups excluding carboxylic acids is 2. The Bertz CT molecular complexity index is 331. The molecule has 0 saturated heterocycles. The Hall–Kier alpha value is -0.266. The Labute approximate surface area is 148 Å². The first kappa shape index (κ1) is 24.0. The summed E-state index contributed by atoms with van der Waals surface area (Å²) < 4.78 is 22.1. The van der Waals surface area contributed by atoms with Gasteiger partial charge in [-0.2, -0.15) is 0 Å². The van der Waals surface area contributed by atoms with E-state index in [-0.39, 0.29) is 58.8 Å². The molecule has 0 heterocycles. The van der Waals surface area contributed by atoms with Gasteiger partial charge >= 0.3 is 11.9 Å². The SMILES string of the molecule is CC(=O)CC(=O)OC(COC(C)C)(OC(C)C)OC(C)C.[Ti]. The average Bonchev–Trinajstić information content (AvgIpc) is 2.22. The molecule has 0 atom stereocenters. The number of carbonyl (C=O) groups is 2. The third kappa shape index (κ3) is 11.3. The van der Waals surface area contributed by atoms with Crippen LogP contribution in [0.4, 0.5) is 0 Å². The number of Topliss-reactive ketones (excluding diaryl/α,β-unsaturated/α-hetero) is 1. The summed E-state index contributed by atoms with van der Waals surface area (Å²) in [7, 11) is 0. The van der Waals surface area contributed by atoms with E-state index in [2.05, 4.69) is 0 Å². The van der Waals surface area contributed by atoms with Crippen LogP contribution in [-0.2, 0) is 50.3 Å². The van der Waals surface area contributed by atoms with Crippen LogP contribution in [-0.4, -0.2) is 42.6 Å². The van der Waals surface area contributed by atoms with Crippen molar-refractivity contribution in [3.8, 4) is 0 Å². The molecule has 0 saturated carbocycles. The quantitative estimate of drug-likeness (QED) is 0.260. The summed E-state index contributed by atoms with van der Waals surface area (Å²) in [6, 6.07) is 0. The van der Waals surface area contributed by atoms with Crippen molar-refractivity contribution in [3.63, 3.8) is 0 Å². The molecule has 0 spiro atoms. The van der Waals surface area contributed by atoms with Crippen LogP contribution in [0.1, 0.15) is 54.9 Å². The molecule has 0 bridgehead atoms. The van der Waals surface area contributed by atoms with Crippen molar-refractivity contribution in [2.24, 2.45) is 0 Å². The average molecular weight is 352 g/mol. The minimum absolute atomic E-state index is 0. The van der Waals surface area contributed by atoms with Gasteiger partial charge in [0.05, 0.1) is 18.3 Å². The van der Waals surface area contributed by atoms with E-state index < -0.39 is 11.9 Å². The van der Waals surface area contributed by atoms with Gasteiger partial charge in [0.25, 0.3) is 0 Å². The van der Waals surface area contributed by atoms with Crippen molar-refractivity contribution in [1.82, 2.24) is 0 Å². The molecule has 0 fully saturated rings. The van der Waals surface area contributed by atoms with Gasteiger partial charge in [-0.05, 0) is 48.5 Å². The van der Waals surface area contributed by atoms with E-state index in [1.54, 1.807) is 27.7 Å². The van der Waals surface area contributed by atoms with Gasteiger partial charge in [-0.25, -0.2) is 0 Å². The van der Waals surface area contributed by atoms with E-state index in [0.29, 0.717) is 0 Å². The summed E-state index contributed by atoms with van der Waals surface area (Å²) >= 11 is 0. The second-order valence-corrected chi connectivity index (χ2v) is 5.73. The van der Waals surface area contributed by atoms with Gasteiger partial charge in [-0.1, -0.05) is 0 Å². The molecule has 0 aromatic rings. The molecule has 0 aliphatic carbocycles. The molecule has 0 aromatic heterocycles. The third-order valence-corrected chi connectivity index (χ3v) is 2.09. The van der Waals surface area contributed by atoms with Gasteiger partial charge in [-0.15, -0.1) is 0 Å². The Kier molecular flexibility index (Phi) is 12.3. The van der Waals surface area contributed by atoms with Gasteiger partial charge in [0.1, 0.15) is 18.8 Å². The smallest absolute Gasteiger partial charge is 0.354 e. The zero-order chi connectivity index (χ0) is 16.6. The molecule has 0 radical (unpaired) electrons. The van der Waals surface area contributed by atoms with Crippen LogP contribution in [0.25, 0.3) is 0 Å². The van der Waals surface area contributed by atoms with Gasteiger partial charge in [-0.3, -0.25) is 9.59 Å². The molecule has 0 aliphatic heterocycles. The summed E-state index contributed by atoms with van der Waals surface area (Å²) in [4.78, 5) is 22.9. The predicted molar refractivity (Wildman–Crippen MR) is 77.7 cm³/mol. The Morgan fingerprint density at radius 3 is 1.68 bits per heavy atom. The maximum atomic E-state index is 11.8. The summed E-state index contributed by atoms with van der Waals surface area (Å²) in [5.41, 5.74) is 0. The van der Waals surface area contributed by atoms with Crippen LogP contribution >= 0.6 is 0 Å². The summed E-state index contributed by atoms with van der Waals surface area (Å²) in [6.07, 6.45) is -0.900. The topological polar surface area (TPSA) is 71.1 Å². The zero-order valence-corrected chi connectivity index (χ0v) is 16.2. The molecule has 0 aromatic carbocycles. The number of ether oxygens (including phenoxy) is 4. The molecule has 6 nitrogen and oxygen atoms in total. The van der Waals surface area contributed by atoms with E-state index >= 15 is 0 Å². The van der Waals surface area contributed by atoms with E-state index in [9.17, 15) is 9.59 Å². The van der Waals surface area contributed by atoms with Crippen LogP contribution < -0.4 is 0 Å². The first-order chi connectivity index (χ1) is 9.56. The fourth-order valence-electron chi connectivity index (χ4n) is 1.57. The third-order valence-electron chi connectivity index (χ3n) is 2.09. The van der Waals surface area contributed by atoms with E-state index in [1.807, 2.05) is 13.8 Å². The zero-order valence-electron chi connectivity index (χ0n) is 14.6. The number of esters is 1. The Morgan fingerprint density at radius 1 is 0.909 bits per heavy atom. The molecule has 7 heteroatoms. The van der Waals surface area contributed by atoms with Gasteiger partial charge in [0, 0.05) is 21.7 Å². The minimum Gasteiger partial charge on any atom is -0.405 e. The number of ketones is 1. The molecule has 0 unspecified atom stereocenters. The number of hydrogen-bond donors (Lipinski definition) is 0. The number of hydrogen-bond acceptors (Lipinski definition) is 6. The van der Waals surface area contributed by atoms with E-state index in [1.165, 1.54) is 6.92 Å². The molecule has 0 amide bonds. The monoisotopic (exact) mass is 352 g/mol. The molecule has 22 heavy (non-hydrogen) atoms. The second kappa shape index (κ2) is 11.3. The van der Waals surface area contributed by atoms with Crippen molar-refractivity contribution in [1.29, 1.82) is 0 Å². The summed E-state index contributed by atoms with van der Waals surface area (Å²) in [6.45, 7) is 12.2. The molecule has 128 valence electrons. The van der Waals surface area contributed by atoms with Crippen LogP contribution in [0.2, 0.25) is 0 Å². The molecule has 0 rings (SSSR count). The normalized spacial score (nSPS) is 11.7. The van der Waals surface area contributed by atoms with Gasteiger partial charge in [0.2, 0.25) is 0 Å². The Balaban J connectivity index is 0. The fraction of sp³-hybridized carbons (Fsp3) is 0.867. The fourth-order valence-corrected chi connectivity index (χ4v) is 1.57. The standard InChI is InChI=1S/C15H28O6.Ti/c1-10(2)18-9-15(19-11(3)4,20-12(5)6)21-14(17)8-13(7)16;/h10-12H,8-9H2,1-7H3;. The maximum Gasteiger partial charge on any atom is 0.354 e.